The van der Waals surface area contributed by atoms with Crippen LogP contribution in [0.25, 0.3) is 10.8 Å². The number of carbonyl (C=O) groups excluding carboxylic acids is 1. The second-order valence-corrected chi connectivity index (χ2v) is 20.5. The van der Waals surface area contributed by atoms with E-state index in [1.165, 1.54) is 33.1 Å². The number of aliphatic hydroxyl groups excluding tert-OH is 6. The van der Waals surface area contributed by atoms with Gasteiger partial charge in [0.25, 0.3) is 0 Å². The number of ether oxygens (including phenoxy) is 11. The Kier molecular flexibility index (Phi) is 16.5. The molecule has 2 aromatic carbocycles. The summed E-state index contributed by atoms with van der Waals surface area (Å²) in [5.41, 5.74) is -1.39. The average molecular weight is 1030 g/mol. The second-order valence-electron chi connectivity index (χ2n) is 20.5. The van der Waals surface area contributed by atoms with Crippen LogP contribution in [0.2, 0.25) is 0 Å². The molecule has 10 N–H and O–H groups in total. The van der Waals surface area contributed by atoms with Crippen LogP contribution in [0.3, 0.4) is 0 Å². The Labute approximate surface area is 415 Å². The zero-order valence-corrected chi connectivity index (χ0v) is 41.4. The number of hydrogen-bond acceptors (Lipinski definition) is 22. The maximum atomic E-state index is 14.7. The summed E-state index contributed by atoms with van der Waals surface area (Å²) in [5.74, 6) is -4.37. The third-order valence-corrected chi connectivity index (χ3v) is 15.1. The van der Waals surface area contributed by atoms with Crippen LogP contribution < -0.4 is 4.74 Å². The summed E-state index contributed by atoms with van der Waals surface area (Å²) in [6.07, 6.45) is -23.0. The van der Waals surface area contributed by atoms with Crippen molar-refractivity contribution >= 4 is 22.5 Å². The molecule has 72 heavy (non-hydrogen) atoms. The molecule has 0 spiro atoms. The molecule has 23 atom stereocenters. The molecule has 0 bridgehead atoms. The van der Waals surface area contributed by atoms with E-state index >= 15 is 0 Å². The topological polar surface area (TPSA) is 338 Å². The van der Waals surface area contributed by atoms with Crippen LogP contribution in [-0.2, 0) is 58.6 Å². The minimum atomic E-state index is -1.61. The lowest BCUT2D eigenvalue weighted by Crippen LogP contribution is -2.58. The highest BCUT2D eigenvalue weighted by Crippen LogP contribution is 2.47. The minimum absolute atomic E-state index is 0.0197. The molecule has 1 aliphatic carbocycles. The standard InChI is InChI=1S/C49H70O23/c1-17-27(68-32-13-28(40(53)19(3)64-32)69-31-12-26(50)39(52)18(2)63-31)11-24-9-23-10-25(46(62-8)48(59)60)45(44(57)37(23)43(56)36(24)38(17)51)72-34-15-29(41(54)21(5)66-34)70-33-14-30(42(55)20(4)65-33)71-35-16-49(7,61)47(58)22(6)67-35/h9,11,18-22,25-26,28-35,39-42,45-47,50-56,58,61H,10,12-16H2,1-8H3,(H,59,60)/t18?,19?,20?,21?,22?,25-,26-,28-,29-,30-,31?,32?,33?,34?,35?,39-,40-,41-,42+,45+,46+,47-,49+/m1/s1. The number of hydrogen-bond donors (Lipinski definition) is 10. The van der Waals surface area contributed by atoms with Crippen molar-refractivity contribution in [3.05, 3.63) is 28.8 Å². The first-order valence-corrected chi connectivity index (χ1v) is 24.5. The zero-order valence-electron chi connectivity index (χ0n) is 41.4. The Morgan fingerprint density at radius 1 is 0.681 bits per heavy atom. The second kappa shape index (κ2) is 21.7. The summed E-state index contributed by atoms with van der Waals surface area (Å²) in [6.45, 7) is 10.9. The van der Waals surface area contributed by atoms with Gasteiger partial charge in [-0.2, -0.15) is 0 Å². The molecular weight excluding hydrogens is 957 g/mol. The quantitative estimate of drug-likeness (QED) is 0.131. The number of ketones is 1. The van der Waals surface area contributed by atoms with Crippen LogP contribution in [0.15, 0.2) is 12.1 Å². The number of fused-ring (bicyclic) bond motifs is 2. The molecule has 2 aromatic rings. The summed E-state index contributed by atoms with van der Waals surface area (Å²) in [4.78, 5) is 27.5. The molecule has 0 aromatic heterocycles. The number of carboxylic acid groups (broad SMARTS) is 1. The lowest BCUT2D eigenvalue weighted by Gasteiger charge is -2.46. The molecule has 8 rings (SSSR count). The van der Waals surface area contributed by atoms with E-state index in [1.807, 2.05) is 0 Å². The number of Topliss-reactive ketones (excluding diaryl/α,β-unsaturated/α-hetero) is 1. The number of carboxylic acids is 1. The largest absolute Gasteiger partial charge is 0.507 e. The van der Waals surface area contributed by atoms with Gasteiger partial charge in [0.1, 0.15) is 53.9 Å². The number of aliphatic hydroxyl groups is 7. The molecule has 404 valence electrons. The van der Waals surface area contributed by atoms with Crippen LogP contribution >= 0.6 is 0 Å². The van der Waals surface area contributed by atoms with Gasteiger partial charge in [-0.25, -0.2) is 4.79 Å². The van der Waals surface area contributed by atoms with Crippen LogP contribution in [0, 0.1) is 12.8 Å². The molecule has 0 amide bonds. The zero-order chi connectivity index (χ0) is 52.4. The van der Waals surface area contributed by atoms with Gasteiger partial charge in [-0.3, -0.25) is 4.79 Å². The lowest BCUT2D eigenvalue weighted by atomic mass is 9.76. The SMILES string of the molecule is CO[C@H](C(=O)O)[C@@H]1Cc2cc3cc(OC4C[C@@H](OC5C[C@@H](O)[C@H](O)C(C)O5)[C@H](O)C(C)O4)c(C)c(O)c3c(O)c2C(=O)[C@H]1OC1C[C@@H](OC2C[C@@H](OC3C[C@](C)(O)[C@H](O)C(C)O3)[C@@H](O)C(C)O2)[C@H](O)C(C)O1. The first-order chi connectivity index (χ1) is 33.9. The minimum Gasteiger partial charge on any atom is -0.507 e. The maximum absolute atomic E-state index is 14.7. The van der Waals surface area contributed by atoms with Gasteiger partial charge in [-0.1, -0.05) is 0 Å². The van der Waals surface area contributed by atoms with Gasteiger partial charge >= 0.3 is 5.97 Å². The first-order valence-electron chi connectivity index (χ1n) is 24.5. The van der Waals surface area contributed by atoms with Gasteiger partial charge in [0.15, 0.2) is 37.0 Å². The number of phenolic OH excluding ortho intramolecular Hbond substituents is 2. The van der Waals surface area contributed by atoms with E-state index in [0.717, 1.165) is 0 Å². The Hall–Kier alpha value is -3.44. The molecule has 6 aliphatic rings. The van der Waals surface area contributed by atoms with Crippen LogP contribution in [-0.4, -0.2) is 205 Å². The average Bonchev–Trinajstić information content (AvgIpc) is 3.29. The number of benzene rings is 2. The fourth-order valence-electron chi connectivity index (χ4n) is 10.9. The van der Waals surface area contributed by atoms with Crippen molar-refractivity contribution in [2.75, 3.05) is 7.11 Å². The third-order valence-electron chi connectivity index (χ3n) is 15.1. The number of aromatic hydroxyl groups is 2. The molecule has 5 fully saturated rings. The lowest BCUT2D eigenvalue weighted by molar-refractivity contribution is -0.334. The van der Waals surface area contributed by atoms with Gasteiger partial charge in [-0.15, -0.1) is 0 Å². The van der Waals surface area contributed by atoms with Crippen molar-refractivity contribution in [2.24, 2.45) is 5.92 Å². The fourth-order valence-corrected chi connectivity index (χ4v) is 10.9. The Morgan fingerprint density at radius 2 is 1.17 bits per heavy atom. The van der Waals surface area contributed by atoms with Gasteiger partial charge in [0.2, 0.25) is 6.29 Å². The van der Waals surface area contributed by atoms with Gasteiger partial charge in [-0.05, 0) is 78.0 Å². The van der Waals surface area contributed by atoms with Crippen molar-refractivity contribution in [1.29, 1.82) is 0 Å². The Morgan fingerprint density at radius 3 is 1.69 bits per heavy atom. The van der Waals surface area contributed by atoms with Gasteiger partial charge < -0.3 is 103 Å². The molecule has 5 heterocycles. The van der Waals surface area contributed by atoms with Crippen LogP contribution in [0.5, 0.6) is 17.2 Å². The van der Waals surface area contributed by atoms with Gasteiger partial charge in [0.05, 0.1) is 71.5 Å². The summed E-state index contributed by atoms with van der Waals surface area (Å²) in [7, 11) is 1.17. The van der Waals surface area contributed by atoms with Crippen LogP contribution in [0.4, 0.5) is 0 Å². The summed E-state index contributed by atoms with van der Waals surface area (Å²) in [5, 5.41) is 109. The number of methoxy groups -OCH3 is 1. The van der Waals surface area contributed by atoms with E-state index in [2.05, 4.69) is 0 Å². The van der Waals surface area contributed by atoms with E-state index in [-0.39, 0.29) is 71.7 Å². The molecule has 0 radical (unpaired) electrons. The van der Waals surface area contributed by atoms with E-state index in [1.54, 1.807) is 34.6 Å². The van der Waals surface area contributed by atoms with Crippen molar-refractivity contribution in [3.8, 4) is 17.2 Å². The van der Waals surface area contributed by atoms with E-state index in [9.17, 15) is 60.7 Å². The van der Waals surface area contributed by atoms with Crippen molar-refractivity contribution in [2.45, 2.75) is 222 Å². The maximum Gasteiger partial charge on any atom is 0.333 e. The smallest absolute Gasteiger partial charge is 0.333 e. The number of phenols is 2. The van der Waals surface area contributed by atoms with Crippen LogP contribution in [0.1, 0.15) is 95.1 Å². The summed E-state index contributed by atoms with van der Waals surface area (Å²) in [6, 6.07) is 3.05. The predicted octanol–water partition coefficient (Wildman–Crippen LogP) is 0.525. The van der Waals surface area contributed by atoms with Gasteiger partial charge in [0, 0.05) is 50.7 Å². The fraction of sp³-hybridized carbons (Fsp3) is 0.755. The predicted molar refractivity (Wildman–Crippen MR) is 244 cm³/mol. The Bertz CT molecular complexity index is 2250. The molecule has 23 heteroatoms. The molecule has 5 saturated heterocycles. The number of carbonyl (C=O) groups is 2. The number of aliphatic carboxylic acids is 1. The molecule has 0 saturated carbocycles. The molecular formula is C49H70O23. The number of rotatable bonds is 13. The van der Waals surface area contributed by atoms with E-state index < -0.39 is 164 Å². The first kappa shape index (κ1) is 54.8. The van der Waals surface area contributed by atoms with Crippen molar-refractivity contribution in [3.63, 3.8) is 0 Å². The van der Waals surface area contributed by atoms with E-state index in [4.69, 9.17) is 52.1 Å². The normalized spacial score (nSPS) is 43.3. The van der Waals surface area contributed by atoms with Crippen molar-refractivity contribution < 1.29 is 113 Å². The summed E-state index contributed by atoms with van der Waals surface area (Å²) < 4.78 is 65.9. The highest BCUT2D eigenvalue weighted by atomic mass is 16.7. The Balaban J connectivity index is 1.01. The highest BCUT2D eigenvalue weighted by molar-refractivity contribution is 6.11. The molecule has 23 nitrogen and oxygen atoms in total. The molecule has 5 aliphatic heterocycles. The molecule has 10 unspecified atom stereocenters. The highest BCUT2D eigenvalue weighted by Gasteiger charge is 2.51. The van der Waals surface area contributed by atoms with Crippen molar-refractivity contribution in [1.82, 2.24) is 0 Å². The third kappa shape index (κ3) is 11.0. The van der Waals surface area contributed by atoms with E-state index in [0.29, 0.717) is 0 Å². The summed E-state index contributed by atoms with van der Waals surface area (Å²) >= 11 is 0. The monoisotopic (exact) mass is 1030 g/mol.